The first-order valence-corrected chi connectivity index (χ1v) is 19.2. The van der Waals surface area contributed by atoms with Crippen LogP contribution in [-0.4, -0.2) is 15.0 Å². The minimum absolute atomic E-state index is 0.624. The van der Waals surface area contributed by atoms with Crippen LogP contribution in [0.3, 0.4) is 0 Å². The van der Waals surface area contributed by atoms with Crippen LogP contribution in [0.25, 0.3) is 111 Å². The number of hydrogen-bond donors (Lipinski definition) is 0. The van der Waals surface area contributed by atoms with Crippen molar-refractivity contribution in [3.63, 3.8) is 0 Å². The van der Waals surface area contributed by atoms with Gasteiger partial charge in [-0.25, -0.2) is 15.0 Å². The molecular formula is C53H33N3O. The predicted molar refractivity (Wildman–Crippen MR) is 235 cm³/mol. The molecule has 11 rings (SSSR count). The molecule has 0 amide bonds. The van der Waals surface area contributed by atoms with E-state index in [4.69, 9.17) is 19.4 Å². The SMILES string of the molecule is c1ccc(-c2cccc(-c3nc(-c4ccccc4)nc(-c4ccc(-c5cc6c7ccc(-c8ccc9ccccc9c8)cc7oc6c6ccccc56)cc4)n3)c2)cc1. The van der Waals surface area contributed by atoms with E-state index in [1.165, 1.54) is 16.3 Å². The number of furan rings is 1. The lowest BCUT2D eigenvalue weighted by molar-refractivity contribution is 0.673. The Morgan fingerprint density at radius 3 is 1.58 bits per heavy atom. The zero-order valence-corrected chi connectivity index (χ0v) is 30.8. The number of benzene rings is 9. The summed E-state index contributed by atoms with van der Waals surface area (Å²) >= 11 is 0. The van der Waals surface area contributed by atoms with E-state index in [2.05, 4.69) is 164 Å². The van der Waals surface area contributed by atoms with Crippen LogP contribution in [0.5, 0.6) is 0 Å². The normalized spacial score (nSPS) is 11.5. The average molecular weight is 728 g/mol. The Hall–Kier alpha value is -7.69. The molecule has 0 spiro atoms. The maximum Gasteiger partial charge on any atom is 0.164 e. The summed E-state index contributed by atoms with van der Waals surface area (Å²) in [6.07, 6.45) is 0. The molecule has 0 saturated carbocycles. The van der Waals surface area contributed by atoms with Crippen molar-refractivity contribution in [3.05, 3.63) is 200 Å². The van der Waals surface area contributed by atoms with Crippen molar-refractivity contribution >= 4 is 43.5 Å². The lowest BCUT2D eigenvalue weighted by Gasteiger charge is -2.11. The summed E-state index contributed by atoms with van der Waals surface area (Å²) in [5, 5.41) is 6.88. The van der Waals surface area contributed by atoms with Crippen molar-refractivity contribution in [2.24, 2.45) is 0 Å². The van der Waals surface area contributed by atoms with Crippen LogP contribution in [0, 0.1) is 0 Å². The molecule has 0 unspecified atom stereocenters. The number of rotatable bonds is 6. The Morgan fingerprint density at radius 1 is 0.281 bits per heavy atom. The highest BCUT2D eigenvalue weighted by Crippen LogP contribution is 2.41. The molecule has 0 bridgehead atoms. The molecule has 4 heteroatoms. The van der Waals surface area contributed by atoms with Crippen molar-refractivity contribution in [2.75, 3.05) is 0 Å². The minimum Gasteiger partial charge on any atom is -0.455 e. The first-order chi connectivity index (χ1) is 28.2. The Kier molecular flexibility index (Phi) is 7.78. The largest absolute Gasteiger partial charge is 0.455 e. The van der Waals surface area contributed by atoms with Crippen molar-refractivity contribution < 1.29 is 4.42 Å². The summed E-state index contributed by atoms with van der Waals surface area (Å²) in [7, 11) is 0. The zero-order valence-electron chi connectivity index (χ0n) is 30.8. The maximum absolute atomic E-state index is 6.69. The predicted octanol–water partition coefficient (Wildman–Crippen LogP) is 14.1. The Morgan fingerprint density at radius 2 is 0.807 bits per heavy atom. The zero-order chi connectivity index (χ0) is 37.7. The van der Waals surface area contributed by atoms with Gasteiger partial charge in [0.15, 0.2) is 17.5 Å². The van der Waals surface area contributed by atoms with Crippen LogP contribution in [0.4, 0.5) is 0 Å². The van der Waals surface area contributed by atoms with Crippen molar-refractivity contribution in [3.8, 4) is 67.5 Å². The molecule has 0 atom stereocenters. The van der Waals surface area contributed by atoms with Crippen LogP contribution >= 0.6 is 0 Å². The molecule has 9 aromatic carbocycles. The summed E-state index contributed by atoms with van der Waals surface area (Å²) in [6.45, 7) is 0. The van der Waals surface area contributed by atoms with Gasteiger partial charge in [0.1, 0.15) is 11.2 Å². The first-order valence-electron chi connectivity index (χ1n) is 19.2. The molecule has 0 aliphatic heterocycles. The Balaban J connectivity index is 1.00. The minimum atomic E-state index is 0.624. The van der Waals surface area contributed by atoms with Gasteiger partial charge in [0.05, 0.1) is 0 Å². The van der Waals surface area contributed by atoms with Gasteiger partial charge in [-0.15, -0.1) is 0 Å². The summed E-state index contributed by atoms with van der Waals surface area (Å²) in [5.74, 6) is 1.89. The number of aromatic nitrogens is 3. The highest BCUT2D eigenvalue weighted by molar-refractivity contribution is 6.19. The van der Waals surface area contributed by atoms with Crippen molar-refractivity contribution in [1.82, 2.24) is 15.0 Å². The van der Waals surface area contributed by atoms with Gasteiger partial charge in [-0.3, -0.25) is 0 Å². The second kappa shape index (κ2) is 13.6. The van der Waals surface area contributed by atoms with Gasteiger partial charge in [-0.1, -0.05) is 170 Å². The van der Waals surface area contributed by atoms with E-state index in [-0.39, 0.29) is 0 Å². The fourth-order valence-electron chi connectivity index (χ4n) is 8.00. The van der Waals surface area contributed by atoms with Crippen LogP contribution in [0.2, 0.25) is 0 Å². The van der Waals surface area contributed by atoms with Gasteiger partial charge in [0, 0.05) is 32.8 Å². The number of fused-ring (bicyclic) bond motifs is 6. The van der Waals surface area contributed by atoms with E-state index in [9.17, 15) is 0 Å². The molecule has 11 aromatic rings. The Labute approximate surface area is 329 Å². The second-order valence-corrected chi connectivity index (χ2v) is 14.4. The van der Waals surface area contributed by atoms with E-state index >= 15 is 0 Å². The third kappa shape index (κ3) is 5.92. The molecule has 4 nitrogen and oxygen atoms in total. The molecule has 0 aliphatic rings. The molecule has 2 aromatic heterocycles. The molecule has 0 radical (unpaired) electrons. The quantitative estimate of drug-likeness (QED) is 0.171. The van der Waals surface area contributed by atoms with Crippen LogP contribution in [0.15, 0.2) is 205 Å². The lowest BCUT2D eigenvalue weighted by atomic mass is 9.94. The van der Waals surface area contributed by atoms with Gasteiger partial charge in [-0.05, 0) is 79.9 Å². The monoisotopic (exact) mass is 727 g/mol. The summed E-state index contributed by atoms with van der Waals surface area (Å²) in [6, 6.07) is 69.9. The lowest BCUT2D eigenvalue weighted by Crippen LogP contribution is -2.00. The van der Waals surface area contributed by atoms with E-state index < -0.39 is 0 Å². The second-order valence-electron chi connectivity index (χ2n) is 14.4. The Bertz CT molecular complexity index is 3280. The molecule has 0 aliphatic carbocycles. The third-order valence-electron chi connectivity index (χ3n) is 10.9. The van der Waals surface area contributed by atoms with Crippen molar-refractivity contribution in [1.29, 1.82) is 0 Å². The first kappa shape index (κ1) is 32.7. The molecule has 57 heavy (non-hydrogen) atoms. The molecular weight excluding hydrogens is 695 g/mol. The van der Waals surface area contributed by atoms with E-state index in [1.807, 2.05) is 36.4 Å². The van der Waals surface area contributed by atoms with Gasteiger partial charge >= 0.3 is 0 Å². The maximum atomic E-state index is 6.69. The molecule has 0 saturated heterocycles. The van der Waals surface area contributed by atoms with Gasteiger partial charge in [0.25, 0.3) is 0 Å². The van der Waals surface area contributed by atoms with E-state index in [0.29, 0.717) is 17.5 Å². The average Bonchev–Trinajstić information content (AvgIpc) is 3.67. The van der Waals surface area contributed by atoms with Crippen LogP contribution in [0.1, 0.15) is 0 Å². The fraction of sp³-hybridized carbons (Fsp3) is 0. The number of nitrogens with zero attached hydrogens (tertiary/aromatic N) is 3. The fourth-order valence-corrected chi connectivity index (χ4v) is 8.00. The standard InChI is InChI=1S/C53H33N3O/c1-3-12-34(13-4-1)40-18-11-19-43(31-40)53-55-51(37-15-5-2-6-16-37)54-52(56-53)38-25-23-36(24-26-38)47-33-48-45-29-28-42(41-27-22-35-14-7-8-17-39(35)30-41)32-49(45)57-50(48)46-21-10-9-20-44(46)47/h1-33H. The highest BCUT2D eigenvalue weighted by Gasteiger charge is 2.17. The van der Waals surface area contributed by atoms with Gasteiger partial charge in [-0.2, -0.15) is 0 Å². The van der Waals surface area contributed by atoms with Gasteiger partial charge in [0.2, 0.25) is 0 Å². The topological polar surface area (TPSA) is 51.8 Å². The van der Waals surface area contributed by atoms with Crippen molar-refractivity contribution in [2.45, 2.75) is 0 Å². The van der Waals surface area contributed by atoms with E-state index in [0.717, 1.165) is 77.2 Å². The molecule has 2 heterocycles. The molecule has 0 fully saturated rings. The highest BCUT2D eigenvalue weighted by atomic mass is 16.3. The summed E-state index contributed by atoms with van der Waals surface area (Å²) < 4.78 is 6.69. The van der Waals surface area contributed by atoms with Crippen LogP contribution in [-0.2, 0) is 0 Å². The summed E-state index contributed by atoms with van der Waals surface area (Å²) in [4.78, 5) is 15.1. The third-order valence-corrected chi connectivity index (χ3v) is 10.9. The van der Waals surface area contributed by atoms with Crippen LogP contribution < -0.4 is 0 Å². The molecule has 0 N–H and O–H groups in total. The van der Waals surface area contributed by atoms with E-state index in [1.54, 1.807) is 0 Å². The number of hydrogen-bond acceptors (Lipinski definition) is 4. The van der Waals surface area contributed by atoms with Gasteiger partial charge < -0.3 is 4.42 Å². The molecule has 266 valence electrons. The summed E-state index contributed by atoms with van der Waals surface area (Å²) in [5.41, 5.74) is 11.4. The smallest absolute Gasteiger partial charge is 0.164 e.